The number of ether oxygens (including phenoxy) is 1. The fourth-order valence-corrected chi connectivity index (χ4v) is 2.48. The predicted octanol–water partition coefficient (Wildman–Crippen LogP) is 2.76. The van der Waals surface area contributed by atoms with Crippen LogP contribution >= 0.6 is 15.9 Å². The first-order valence-corrected chi connectivity index (χ1v) is 6.39. The van der Waals surface area contributed by atoms with Crippen LogP contribution in [0.1, 0.15) is 29.3 Å². The summed E-state index contributed by atoms with van der Waals surface area (Å²) < 4.78 is 5.76. The van der Waals surface area contributed by atoms with Crippen LogP contribution in [0.2, 0.25) is 0 Å². The van der Waals surface area contributed by atoms with Crippen molar-refractivity contribution in [2.24, 2.45) is 5.92 Å². The first-order chi connectivity index (χ1) is 8.11. The van der Waals surface area contributed by atoms with Crippen LogP contribution in [0.25, 0.3) is 0 Å². The van der Waals surface area contributed by atoms with Gasteiger partial charge in [0.05, 0.1) is 13.0 Å². The SMILES string of the molecule is CCOC(=O)CC1Cc2ccc(Br)cc2C1=O. The van der Waals surface area contributed by atoms with E-state index in [9.17, 15) is 9.59 Å². The van der Waals surface area contributed by atoms with Gasteiger partial charge < -0.3 is 4.74 Å². The lowest BCUT2D eigenvalue weighted by Gasteiger charge is -2.06. The maximum atomic E-state index is 12.1. The van der Waals surface area contributed by atoms with E-state index >= 15 is 0 Å². The maximum Gasteiger partial charge on any atom is 0.306 e. The summed E-state index contributed by atoms with van der Waals surface area (Å²) in [5.41, 5.74) is 1.75. The van der Waals surface area contributed by atoms with Gasteiger partial charge in [-0.1, -0.05) is 22.0 Å². The number of halogens is 1. The lowest BCUT2D eigenvalue weighted by molar-refractivity contribution is -0.143. The van der Waals surface area contributed by atoms with Gasteiger partial charge in [-0.2, -0.15) is 0 Å². The van der Waals surface area contributed by atoms with E-state index in [2.05, 4.69) is 15.9 Å². The highest BCUT2D eigenvalue weighted by Crippen LogP contribution is 2.31. The smallest absolute Gasteiger partial charge is 0.306 e. The van der Waals surface area contributed by atoms with Gasteiger partial charge in [0.1, 0.15) is 0 Å². The molecule has 1 aromatic carbocycles. The average molecular weight is 297 g/mol. The number of fused-ring (bicyclic) bond motifs is 1. The van der Waals surface area contributed by atoms with Crippen LogP contribution in [0.15, 0.2) is 22.7 Å². The Balaban J connectivity index is 2.12. The summed E-state index contributed by atoms with van der Waals surface area (Å²) in [6.07, 6.45) is 0.819. The zero-order valence-electron chi connectivity index (χ0n) is 9.53. The molecule has 17 heavy (non-hydrogen) atoms. The topological polar surface area (TPSA) is 43.4 Å². The molecule has 1 aliphatic rings. The van der Waals surface area contributed by atoms with Crippen molar-refractivity contribution in [3.05, 3.63) is 33.8 Å². The molecule has 0 spiro atoms. The maximum absolute atomic E-state index is 12.1. The number of ketones is 1. The van der Waals surface area contributed by atoms with Crippen LogP contribution in [-0.2, 0) is 16.0 Å². The third-order valence-corrected chi connectivity index (χ3v) is 3.39. The molecule has 0 saturated carbocycles. The Morgan fingerprint density at radius 2 is 2.29 bits per heavy atom. The summed E-state index contributed by atoms with van der Waals surface area (Å²) in [6.45, 7) is 2.12. The van der Waals surface area contributed by atoms with E-state index in [1.165, 1.54) is 0 Å². The third-order valence-electron chi connectivity index (χ3n) is 2.89. The summed E-state index contributed by atoms with van der Waals surface area (Å²) in [5, 5.41) is 0. The lowest BCUT2D eigenvalue weighted by Crippen LogP contribution is -2.16. The van der Waals surface area contributed by atoms with Crippen LogP contribution in [0.3, 0.4) is 0 Å². The van der Waals surface area contributed by atoms with Crippen LogP contribution in [0.4, 0.5) is 0 Å². The number of esters is 1. The number of rotatable bonds is 3. The molecule has 4 heteroatoms. The number of hydrogen-bond acceptors (Lipinski definition) is 3. The number of carbonyl (C=O) groups is 2. The van der Waals surface area contributed by atoms with Crippen LogP contribution in [0.5, 0.6) is 0 Å². The van der Waals surface area contributed by atoms with E-state index in [1.807, 2.05) is 18.2 Å². The van der Waals surface area contributed by atoms with E-state index in [0.29, 0.717) is 13.0 Å². The van der Waals surface area contributed by atoms with Gasteiger partial charge in [0.25, 0.3) is 0 Å². The molecule has 1 atom stereocenters. The van der Waals surface area contributed by atoms with Gasteiger partial charge in [-0.05, 0) is 31.0 Å². The molecule has 0 aliphatic heterocycles. The Morgan fingerprint density at radius 3 is 3.00 bits per heavy atom. The van der Waals surface area contributed by atoms with Gasteiger partial charge in [0.2, 0.25) is 0 Å². The fraction of sp³-hybridized carbons (Fsp3) is 0.385. The molecular formula is C13H13BrO3. The highest BCUT2D eigenvalue weighted by atomic mass is 79.9. The molecule has 0 N–H and O–H groups in total. The highest BCUT2D eigenvalue weighted by molar-refractivity contribution is 9.10. The van der Waals surface area contributed by atoms with Crippen molar-refractivity contribution in [2.45, 2.75) is 19.8 Å². The second kappa shape index (κ2) is 5.00. The molecule has 0 fully saturated rings. The van der Waals surface area contributed by atoms with E-state index in [0.717, 1.165) is 15.6 Å². The van der Waals surface area contributed by atoms with Crippen LogP contribution in [-0.4, -0.2) is 18.4 Å². The van der Waals surface area contributed by atoms with Gasteiger partial charge >= 0.3 is 5.97 Å². The van der Waals surface area contributed by atoms with Crippen molar-refractivity contribution in [1.82, 2.24) is 0 Å². The fourth-order valence-electron chi connectivity index (χ4n) is 2.12. The molecule has 3 nitrogen and oxygen atoms in total. The molecule has 0 bridgehead atoms. The number of benzene rings is 1. The third kappa shape index (κ3) is 2.57. The van der Waals surface area contributed by atoms with Crippen molar-refractivity contribution in [1.29, 1.82) is 0 Å². The standard InChI is InChI=1S/C13H13BrO3/c1-2-17-12(15)6-9-5-8-3-4-10(14)7-11(8)13(9)16/h3-4,7,9H,2,5-6H2,1H3. The minimum absolute atomic E-state index is 0.0503. The number of Topliss-reactive ketones (excluding diaryl/α,β-unsaturated/α-hetero) is 1. The molecule has 0 amide bonds. The molecule has 90 valence electrons. The van der Waals surface area contributed by atoms with Gasteiger partial charge in [0.15, 0.2) is 5.78 Å². The Bertz CT molecular complexity index is 468. The summed E-state index contributed by atoms with van der Waals surface area (Å²) >= 11 is 3.34. The summed E-state index contributed by atoms with van der Waals surface area (Å²) in [6, 6.07) is 5.67. The molecule has 1 aliphatic carbocycles. The monoisotopic (exact) mass is 296 g/mol. The van der Waals surface area contributed by atoms with Crippen LogP contribution in [0, 0.1) is 5.92 Å². The van der Waals surface area contributed by atoms with E-state index in [4.69, 9.17) is 4.74 Å². The normalized spacial score (nSPS) is 18.0. The minimum atomic E-state index is -0.294. The molecule has 1 aromatic rings. The largest absolute Gasteiger partial charge is 0.466 e. The lowest BCUT2D eigenvalue weighted by atomic mass is 10.0. The van der Waals surface area contributed by atoms with Gasteiger partial charge in [0, 0.05) is 16.0 Å². The highest BCUT2D eigenvalue weighted by Gasteiger charge is 2.32. The molecule has 2 rings (SSSR count). The molecule has 1 unspecified atom stereocenters. The Labute approximate surface area is 108 Å². The number of carbonyl (C=O) groups excluding carboxylic acids is 2. The molecular weight excluding hydrogens is 284 g/mol. The Kier molecular flexibility index (Phi) is 3.62. The second-order valence-electron chi connectivity index (χ2n) is 4.08. The van der Waals surface area contributed by atoms with Crippen molar-refractivity contribution in [2.75, 3.05) is 6.61 Å². The van der Waals surface area contributed by atoms with E-state index < -0.39 is 0 Å². The summed E-state index contributed by atoms with van der Waals surface area (Å²) in [7, 11) is 0. The first kappa shape index (κ1) is 12.3. The van der Waals surface area contributed by atoms with Crippen molar-refractivity contribution in [3.8, 4) is 0 Å². The van der Waals surface area contributed by atoms with Crippen molar-refractivity contribution < 1.29 is 14.3 Å². The Hall–Kier alpha value is -1.16. The first-order valence-electron chi connectivity index (χ1n) is 5.60. The van der Waals surface area contributed by atoms with Gasteiger partial charge in [-0.15, -0.1) is 0 Å². The molecule has 0 radical (unpaired) electrons. The van der Waals surface area contributed by atoms with Crippen LogP contribution < -0.4 is 0 Å². The average Bonchev–Trinajstić information content (AvgIpc) is 2.57. The summed E-state index contributed by atoms with van der Waals surface area (Å²) in [4.78, 5) is 23.4. The van der Waals surface area contributed by atoms with E-state index in [1.54, 1.807) is 6.92 Å². The Morgan fingerprint density at radius 1 is 1.53 bits per heavy atom. The predicted molar refractivity (Wildman–Crippen MR) is 66.9 cm³/mol. The van der Waals surface area contributed by atoms with Gasteiger partial charge in [-0.25, -0.2) is 0 Å². The zero-order chi connectivity index (χ0) is 12.4. The second-order valence-corrected chi connectivity index (χ2v) is 4.99. The summed E-state index contributed by atoms with van der Waals surface area (Å²) in [5.74, 6) is -0.495. The minimum Gasteiger partial charge on any atom is -0.466 e. The molecule has 0 heterocycles. The number of hydrogen-bond donors (Lipinski definition) is 0. The molecule has 0 aromatic heterocycles. The van der Waals surface area contributed by atoms with Crippen molar-refractivity contribution >= 4 is 27.7 Å². The molecule has 0 saturated heterocycles. The van der Waals surface area contributed by atoms with Crippen molar-refractivity contribution in [3.63, 3.8) is 0 Å². The van der Waals surface area contributed by atoms with Gasteiger partial charge in [-0.3, -0.25) is 9.59 Å². The quantitative estimate of drug-likeness (QED) is 0.806. The zero-order valence-corrected chi connectivity index (χ0v) is 11.1. The van der Waals surface area contributed by atoms with E-state index in [-0.39, 0.29) is 24.1 Å².